The van der Waals surface area contributed by atoms with E-state index in [1.807, 2.05) is 48.2 Å². The molecule has 1 aliphatic rings. The van der Waals surface area contributed by atoms with Crippen LogP contribution in [0.2, 0.25) is 5.02 Å². The monoisotopic (exact) mass is 547 g/mol. The average Bonchev–Trinajstić information content (AvgIpc) is 3.08. The van der Waals surface area contributed by atoms with Crippen LogP contribution >= 0.6 is 11.6 Å². The van der Waals surface area contributed by atoms with E-state index < -0.39 is 0 Å². The third-order valence-electron chi connectivity index (χ3n) is 6.61. The Morgan fingerprint density at radius 3 is 2.51 bits per heavy atom. The van der Waals surface area contributed by atoms with Crippen LogP contribution < -0.4 is 16.6 Å². The van der Waals surface area contributed by atoms with Crippen molar-refractivity contribution in [3.05, 3.63) is 69.1 Å². The fraction of sp³-hybridized carbons (Fsp3) is 0.333. The fourth-order valence-corrected chi connectivity index (χ4v) is 5.08. The highest BCUT2D eigenvalue weighted by Crippen LogP contribution is 2.37. The SMILES string of the molecule is CCCN(CCC)C(=O)C1=Cc2c(Cl)cc(-c3ccc4c(=O)n(CC(=O)NCC)ccc4c3)cc2N=C(N)C1. The molecule has 204 valence electrons. The minimum Gasteiger partial charge on any atom is -0.387 e. The van der Waals surface area contributed by atoms with Crippen LogP contribution in [0.4, 0.5) is 5.69 Å². The number of nitrogens with zero attached hydrogens (tertiary/aromatic N) is 3. The van der Waals surface area contributed by atoms with E-state index in [1.54, 1.807) is 12.3 Å². The van der Waals surface area contributed by atoms with Gasteiger partial charge >= 0.3 is 0 Å². The number of halogens is 1. The van der Waals surface area contributed by atoms with Gasteiger partial charge in [-0.25, -0.2) is 4.99 Å². The number of carbonyl (C=O) groups excluding carboxylic acids is 2. The van der Waals surface area contributed by atoms with Gasteiger partial charge in [0.25, 0.3) is 5.56 Å². The van der Waals surface area contributed by atoms with Crippen molar-refractivity contribution in [3.8, 4) is 11.1 Å². The summed E-state index contributed by atoms with van der Waals surface area (Å²) in [5, 5.41) is 4.43. The van der Waals surface area contributed by atoms with Crippen LogP contribution in [0.15, 0.2) is 58.0 Å². The Balaban J connectivity index is 1.71. The van der Waals surface area contributed by atoms with Gasteiger partial charge in [0.1, 0.15) is 12.4 Å². The number of aromatic nitrogens is 1. The molecule has 0 aliphatic carbocycles. The Labute approximate surface area is 233 Å². The van der Waals surface area contributed by atoms with Crippen molar-refractivity contribution in [1.82, 2.24) is 14.8 Å². The number of rotatable bonds is 9. The normalized spacial score (nSPS) is 12.8. The smallest absolute Gasteiger partial charge is 0.258 e. The Morgan fingerprint density at radius 2 is 1.82 bits per heavy atom. The number of hydrogen-bond acceptors (Lipinski definition) is 5. The molecule has 0 saturated carbocycles. The number of fused-ring (bicyclic) bond motifs is 2. The van der Waals surface area contributed by atoms with Crippen LogP contribution in [0.1, 0.15) is 45.6 Å². The Hall–Kier alpha value is -3.91. The van der Waals surface area contributed by atoms with Gasteiger partial charge in [-0.1, -0.05) is 31.5 Å². The molecule has 0 atom stereocenters. The predicted octanol–water partition coefficient (Wildman–Crippen LogP) is 4.88. The molecule has 3 N–H and O–H groups in total. The molecule has 2 aromatic carbocycles. The number of carbonyl (C=O) groups is 2. The molecule has 4 rings (SSSR count). The third-order valence-corrected chi connectivity index (χ3v) is 6.92. The zero-order valence-electron chi connectivity index (χ0n) is 22.6. The summed E-state index contributed by atoms with van der Waals surface area (Å²) in [6, 6.07) is 11.1. The van der Waals surface area contributed by atoms with Gasteiger partial charge in [-0.05, 0) is 72.7 Å². The van der Waals surface area contributed by atoms with Gasteiger partial charge in [-0.15, -0.1) is 0 Å². The largest absolute Gasteiger partial charge is 0.387 e. The molecule has 3 aromatic rings. The number of hydrogen-bond donors (Lipinski definition) is 2. The molecule has 0 radical (unpaired) electrons. The van der Waals surface area contributed by atoms with E-state index in [9.17, 15) is 14.4 Å². The first-order chi connectivity index (χ1) is 18.7. The predicted molar refractivity (Wildman–Crippen MR) is 158 cm³/mol. The summed E-state index contributed by atoms with van der Waals surface area (Å²) < 4.78 is 1.40. The first-order valence-corrected chi connectivity index (χ1v) is 13.7. The van der Waals surface area contributed by atoms with Gasteiger partial charge in [-0.2, -0.15) is 0 Å². The summed E-state index contributed by atoms with van der Waals surface area (Å²) in [5.41, 5.74) is 9.50. The van der Waals surface area contributed by atoms with Gasteiger partial charge < -0.3 is 20.5 Å². The standard InChI is InChI=1S/C30H34ClN5O3/c1-4-10-35(11-5-2)29(38)22-14-24-25(31)15-21(16-26(24)34-27(32)17-22)19-7-8-23-20(13-19)9-12-36(30(23)39)18-28(37)33-6-3/h7-9,12-16H,4-6,10-11,17-18H2,1-3H3,(H2,32,34)(H,33,37). The van der Waals surface area contributed by atoms with Gasteiger partial charge in [0.15, 0.2) is 0 Å². The van der Waals surface area contributed by atoms with Crippen molar-refractivity contribution in [3.63, 3.8) is 0 Å². The van der Waals surface area contributed by atoms with E-state index in [1.165, 1.54) is 4.57 Å². The molecule has 2 heterocycles. The van der Waals surface area contributed by atoms with E-state index in [0.717, 1.165) is 29.4 Å². The van der Waals surface area contributed by atoms with Crippen LogP contribution in [0, 0.1) is 0 Å². The number of amidine groups is 1. The van der Waals surface area contributed by atoms with Crippen molar-refractivity contribution in [2.45, 2.75) is 46.6 Å². The number of pyridine rings is 1. The molecule has 1 aromatic heterocycles. The van der Waals surface area contributed by atoms with Gasteiger partial charge in [0, 0.05) is 48.8 Å². The first kappa shape index (κ1) is 28.1. The molecule has 0 saturated heterocycles. The zero-order valence-corrected chi connectivity index (χ0v) is 23.3. The third kappa shape index (κ3) is 6.23. The second kappa shape index (κ2) is 12.3. The van der Waals surface area contributed by atoms with Crippen LogP contribution in [0.3, 0.4) is 0 Å². The van der Waals surface area contributed by atoms with Crippen molar-refractivity contribution in [2.75, 3.05) is 19.6 Å². The summed E-state index contributed by atoms with van der Waals surface area (Å²) in [6.07, 6.45) is 5.43. The van der Waals surface area contributed by atoms with Crippen molar-refractivity contribution < 1.29 is 9.59 Å². The molecular weight excluding hydrogens is 514 g/mol. The number of nitrogens with two attached hydrogens (primary N) is 1. The van der Waals surface area contributed by atoms with Crippen LogP contribution in [0.5, 0.6) is 0 Å². The summed E-state index contributed by atoms with van der Waals surface area (Å²) >= 11 is 6.76. The van der Waals surface area contributed by atoms with Gasteiger partial charge in [0.05, 0.1) is 10.7 Å². The highest BCUT2D eigenvalue weighted by Gasteiger charge is 2.22. The quantitative estimate of drug-likeness (QED) is 0.397. The van der Waals surface area contributed by atoms with E-state index >= 15 is 0 Å². The molecule has 0 bridgehead atoms. The molecular formula is C30H34ClN5O3. The van der Waals surface area contributed by atoms with Crippen LogP contribution in [-0.2, 0) is 16.1 Å². The van der Waals surface area contributed by atoms with Crippen molar-refractivity contribution in [1.29, 1.82) is 0 Å². The Bertz CT molecular complexity index is 1530. The van der Waals surface area contributed by atoms with Gasteiger partial charge in [0.2, 0.25) is 11.8 Å². The number of likely N-dealkylation sites (N-methyl/N-ethyl adjacent to an activating group) is 1. The van der Waals surface area contributed by atoms with Gasteiger partial charge in [-0.3, -0.25) is 14.4 Å². The topological polar surface area (TPSA) is 110 Å². The maximum Gasteiger partial charge on any atom is 0.258 e. The molecule has 39 heavy (non-hydrogen) atoms. The summed E-state index contributed by atoms with van der Waals surface area (Å²) in [6.45, 7) is 7.77. The lowest BCUT2D eigenvalue weighted by Gasteiger charge is -2.22. The van der Waals surface area contributed by atoms with Crippen LogP contribution in [-0.4, -0.2) is 46.8 Å². The summed E-state index contributed by atoms with van der Waals surface area (Å²) in [5.74, 6) is 0.0928. The van der Waals surface area contributed by atoms with E-state index in [4.69, 9.17) is 17.3 Å². The Morgan fingerprint density at radius 1 is 1.08 bits per heavy atom. The summed E-state index contributed by atoms with van der Waals surface area (Å²) in [4.78, 5) is 44.7. The Kier molecular flexibility index (Phi) is 8.86. The number of benzene rings is 2. The minimum atomic E-state index is -0.231. The molecule has 9 heteroatoms. The van der Waals surface area contributed by atoms with Crippen LogP contribution in [0.25, 0.3) is 28.0 Å². The molecule has 8 nitrogen and oxygen atoms in total. The first-order valence-electron chi connectivity index (χ1n) is 13.3. The van der Waals surface area contributed by atoms with E-state index in [0.29, 0.717) is 52.7 Å². The van der Waals surface area contributed by atoms with Crippen molar-refractivity contribution in [2.24, 2.45) is 10.7 Å². The highest BCUT2D eigenvalue weighted by molar-refractivity contribution is 6.33. The van der Waals surface area contributed by atoms with E-state index in [2.05, 4.69) is 24.2 Å². The maximum atomic E-state index is 13.3. The number of aliphatic imine (C=N–C) groups is 1. The second-order valence-electron chi connectivity index (χ2n) is 9.64. The lowest BCUT2D eigenvalue weighted by molar-refractivity contribution is -0.127. The van der Waals surface area contributed by atoms with E-state index in [-0.39, 0.29) is 30.3 Å². The molecule has 0 unspecified atom stereocenters. The summed E-state index contributed by atoms with van der Waals surface area (Å²) in [7, 11) is 0. The maximum absolute atomic E-state index is 13.3. The lowest BCUT2D eigenvalue weighted by atomic mass is 9.98. The minimum absolute atomic E-state index is 0.0309. The molecule has 0 fully saturated rings. The number of amides is 2. The fourth-order valence-electron chi connectivity index (χ4n) is 4.82. The lowest BCUT2D eigenvalue weighted by Crippen LogP contribution is -2.34. The average molecular weight is 548 g/mol. The molecule has 0 spiro atoms. The highest BCUT2D eigenvalue weighted by atomic mass is 35.5. The molecule has 1 aliphatic heterocycles. The number of nitrogens with one attached hydrogen (secondary N) is 1. The zero-order chi connectivity index (χ0) is 28.1. The van der Waals surface area contributed by atoms with Crippen molar-refractivity contribution >= 4 is 51.8 Å². The second-order valence-corrected chi connectivity index (χ2v) is 10.0. The molecule has 2 amide bonds.